The molecule has 10 aromatic carbocycles. The molecule has 66 heavy (non-hydrogen) atoms. The molecular formula is C56H38BBrN4O4. The van der Waals surface area contributed by atoms with E-state index in [-0.39, 0.29) is 0 Å². The first-order valence-electron chi connectivity index (χ1n) is 21.3. The summed E-state index contributed by atoms with van der Waals surface area (Å²) < 4.78 is 12.6. The summed E-state index contributed by atoms with van der Waals surface area (Å²) in [5.74, 6) is 2.11. The molecule has 0 atom stereocenters. The van der Waals surface area contributed by atoms with E-state index in [0.717, 1.165) is 48.3 Å². The Balaban J connectivity index is 0.000000125. The molecule has 12 aromatic rings. The Bertz CT molecular complexity index is 3470. The van der Waals surface area contributed by atoms with Crippen LogP contribution in [0.3, 0.4) is 0 Å². The predicted molar refractivity (Wildman–Crippen MR) is 270 cm³/mol. The minimum atomic E-state index is -1.45. The topological polar surface area (TPSA) is 118 Å². The molecule has 8 nitrogen and oxygen atoms in total. The minimum Gasteiger partial charge on any atom is -0.423 e. The molecule has 10 heteroatoms. The molecule has 0 aliphatic carbocycles. The SMILES string of the molecule is Brc1ccc(-c2nnc(-c3ccccc3)o2)cc1.OB(O)c1c2ccccc2cc2ccccc12.c1ccc(-c2nnc(-c3ccc(-c4c5ccccc5cc5ccccc45)cc3)o2)cc1. The first-order chi connectivity index (χ1) is 32.5. The molecule has 2 N–H and O–H groups in total. The van der Waals surface area contributed by atoms with Gasteiger partial charge in [0.2, 0.25) is 23.6 Å². The zero-order chi connectivity index (χ0) is 44.8. The van der Waals surface area contributed by atoms with Crippen molar-refractivity contribution in [2.75, 3.05) is 0 Å². The van der Waals surface area contributed by atoms with Crippen molar-refractivity contribution in [3.63, 3.8) is 0 Å². The molecule has 2 heterocycles. The van der Waals surface area contributed by atoms with Crippen molar-refractivity contribution >= 4 is 71.6 Å². The third kappa shape index (κ3) is 8.89. The quantitative estimate of drug-likeness (QED) is 0.125. The van der Waals surface area contributed by atoms with Crippen LogP contribution in [0.2, 0.25) is 0 Å². The second kappa shape index (κ2) is 19.0. The third-order valence-electron chi connectivity index (χ3n) is 11.2. The van der Waals surface area contributed by atoms with Crippen LogP contribution in [0.4, 0.5) is 0 Å². The van der Waals surface area contributed by atoms with Crippen LogP contribution in [0.25, 0.3) is 100 Å². The number of hydrogen-bond acceptors (Lipinski definition) is 8. The van der Waals surface area contributed by atoms with Crippen LogP contribution in [0.1, 0.15) is 0 Å². The fourth-order valence-electron chi connectivity index (χ4n) is 8.10. The second-order valence-corrected chi connectivity index (χ2v) is 16.4. The highest BCUT2D eigenvalue weighted by atomic mass is 79.9. The molecule has 2 aromatic heterocycles. The van der Waals surface area contributed by atoms with E-state index >= 15 is 0 Å². The van der Waals surface area contributed by atoms with Gasteiger partial charge >= 0.3 is 7.12 Å². The maximum absolute atomic E-state index is 9.58. The van der Waals surface area contributed by atoms with Gasteiger partial charge in [0.25, 0.3) is 0 Å². The predicted octanol–water partition coefficient (Wildman–Crippen LogP) is 13.2. The highest BCUT2D eigenvalue weighted by molar-refractivity contribution is 9.10. The smallest absolute Gasteiger partial charge is 0.423 e. The van der Waals surface area contributed by atoms with E-state index < -0.39 is 7.12 Å². The molecule has 0 aliphatic heterocycles. The Kier molecular flexibility index (Phi) is 12.1. The van der Waals surface area contributed by atoms with Crippen LogP contribution in [-0.2, 0) is 0 Å². The molecule has 0 spiro atoms. The van der Waals surface area contributed by atoms with Gasteiger partial charge in [-0.05, 0) is 132 Å². The lowest BCUT2D eigenvalue weighted by atomic mass is 9.74. The van der Waals surface area contributed by atoms with Crippen LogP contribution in [0.15, 0.2) is 232 Å². The van der Waals surface area contributed by atoms with Gasteiger partial charge in [-0.2, -0.15) is 0 Å². The Morgan fingerprint density at radius 3 is 1.03 bits per heavy atom. The Hall–Kier alpha value is -8.02. The lowest BCUT2D eigenvalue weighted by molar-refractivity contribution is 0.426. The number of aromatic nitrogens is 4. The Morgan fingerprint density at radius 2 is 0.636 bits per heavy atom. The van der Waals surface area contributed by atoms with E-state index in [2.05, 4.69) is 109 Å². The fraction of sp³-hybridized carbons (Fsp3) is 0. The van der Waals surface area contributed by atoms with E-state index in [1.54, 1.807) is 0 Å². The summed E-state index contributed by atoms with van der Waals surface area (Å²) in [4.78, 5) is 0. The van der Waals surface area contributed by atoms with Crippen LogP contribution in [0.5, 0.6) is 0 Å². The van der Waals surface area contributed by atoms with Crippen molar-refractivity contribution in [1.82, 2.24) is 20.4 Å². The number of hydrogen-bond donors (Lipinski definition) is 2. The minimum absolute atomic E-state index is 0.521. The summed E-state index contributed by atoms with van der Waals surface area (Å²) in [6.07, 6.45) is 0. The van der Waals surface area contributed by atoms with Gasteiger partial charge in [0.15, 0.2) is 0 Å². The van der Waals surface area contributed by atoms with Gasteiger partial charge in [0, 0.05) is 26.7 Å². The number of rotatable bonds is 6. The van der Waals surface area contributed by atoms with Crippen LogP contribution in [0, 0.1) is 0 Å². The van der Waals surface area contributed by atoms with Gasteiger partial charge in [-0.15, -0.1) is 20.4 Å². The van der Waals surface area contributed by atoms with Gasteiger partial charge < -0.3 is 18.9 Å². The first kappa shape index (κ1) is 42.0. The molecule has 12 rings (SSSR count). The van der Waals surface area contributed by atoms with Crippen molar-refractivity contribution in [2.24, 2.45) is 0 Å². The second-order valence-electron chi connectivity index (χ2n) is 15.4. The van der Waals surface area contributed by atoms with Crippen molar-refractivity contribution in [2.45, 2.75) is 0 Å². The van der Waals surface area contributed by atoms with Gasteiger partial charge in [-0.1, -0.05) is 162 Å². The lowest BCUT2D eigenvalue weighted by Crippen LogP contribution is -2.31. The summed E-state index contributed by atoms with van der Waals surface area (Å²) in [5.41, 5.74) is 6.65. The molecule has 0 unspecified atom stereocenters. The van der Waals surface area contributed by atoms with Gasteiger partial charge in [-0.25, -0.2) is 0 Å². The van der Waals surface area contributed by atoms with E-state index in [0.29, 0.717) is 29.0 Å². The average Bonchev–Trinajstić information content (AvgIpc) is 4.08. The van der Waals surface area contributed by atoms with Crippen molar-refractivity contribution in [1.29, 1.82) is 0 Å². The molecule has 0 saturated heterocycles. The Labute approximate surface area is 388 Å². The molecular weight excluding hydrogens is 883 g/mol. The third-order valence-corrected chi connectivity index (χ3v) is 11.8. The monoisotopic (exact) mass is 920 g/mol. The first-order valence-corrected chi connectivity index (χ1v) is 22.1. The van der Waals surface area contributed by atoms with Crippen LogP contribution >= 0.6 is 15.9 Å². The molecule has 0 amide bonds. The zero-order valence-electron chi connectivity index (χ0n) is 35.2. The van der Waals surface area contributed by atoms with E-state index in [1.165, 1.54) is 32.7 Å². The van der Waals surface area contributed by atoms with Crippen LogP contribution in [-0.4, -0.2) is 37.6 Å². The molecule has 0 fully saturated rings. The highest BCUT2D eigenvalue weighted by Crippen LogP contribution is 2.37. The fourth-order valence-corrected chi connectivity index (χ4v) is 8.36. The van der Waals surface area contributed by atoms with Gasteiger partial charge in [-0.3, -0.25) is 0 Å². The van der Waals surface area contributed by atoms with E-state index in [9.17, 15) is 10.0 Å². The summed E-state index contributed by atoms with van der Waals surface area (Å²) in [5, 5.41) is 44.5. The zero-order valence-corrected chi connectivity index (χ0v) is 36.8. The normalized spacial score (nSPS) is 11.0. The molecule has 0 aliphatic rings. The van der Waals surface area contributed by atoms with Crippen molar-refractivity contribution < 1.29 is 18.9 Å². The maximum Gasteiger partial charge on any atom is 0.489 e. The van der Waals surface area contributed by atoms with Gasteiger partial charge in [0.05, 0.1) is 0 Å². The maximum atomic E-state index is 9.58. The summed E-state index contributed by atoms with van der Waals surface area (Å²) in [6.45, 7) is 0. The number of halogens is 1. The molecule has 0 bridgehead atoms. The number of fused-ring (bicyclic) bond motifs is 4. The summed E-state index contributed by atoms with van der Waals surface area (Å²) in [7, 11) is -1.45. The highest BCUT2D eigenvalue weighted by Gasteiger charge is 2.18. The van der Waals surface area contributed by atoms with Crippen molar-refractivity contribution in [3.05, 3.63) is 223 Å². The molecule has 0 radical (unpaired) electrons. The van der Waals surface area contributed by atoms with E-state index in [4.69, 9.17) is 8.83 Å². The number of nitrogens with zero attached hydrogens (tertiary/aromatic N) is 4. The Morgan fingerprint density at radius 1 is 0.333 bits per heavy atom. The number of benzene rings is 10. The average molecular weight is 922 g/mol. The summed E-state index contributed by atoms with van der Waals surface area (Å²) in [6, 6.07) is 72.6. The van der Waals surface area contributed by atoms with E-state index in [1.807, 2.05) is 146 Å². The summed E-state index contributed by atoms with van der Waals surface area (Å²) >= 11 is 3.39. The van der Waals surface area contributed by atoms with Gasteiger partial charge in [0.1, 0.15) is 0 Å². The molecule has 0 saturated carbocycles. The largest absolute Gasteiger partial charge is 0.489 e. The van der Waals surface area contributed by atoms with Crippen molar-refractivity contribution in [3.8, 4) is 56.9 Å². The standard InChI is InChI=1S/C28H18N2O.C14H11BO2.C14H9BrN2O/c1-2-8-20(9-3-1)27-29-30-28(31-27)21-16-14-19(15-17-21)26-24-12-6-4-10-22(24)18-23-11-5-7-13-25(23)26;16-15(17)14-12-7-3-1-5-10(12)9-11-6-2-4-8-13(11)14;15-12-8-6-11(7-9-12)14-17-16-13(18-14)10-4-2-1-3-5-10/h1-18H;1-9,16-17H;1-9H. The lowest BCUT2D eigenvalue weighted by Gasteiger charge is -2.12. The molecule has 316 valence electrons. The van der Waals surface area contributed by atoms with Crippen LogP contribution < -0.4 is 5.46 Å².